The third kappa shape index (κ3) is 4.70. The van der Waals surface area contributed by atoms with Gasteiger partial charge in [-0.3, -0.25) is 14.7 Å². The molecular formula is C24H22ClN3O2S. The van der Waals surface area contributed by atoms with Gasteiger partial charge in [0.05, 0.1) is 22.5 Å². The van der Waals surface area contributed by atoms with Gasteiger partial charge in [0, 0.05) is 11.2 Å². The Morgan fingerprint density at radius 1 is 1.10 bits per heavy atom. The predicted octanol–water partition coefficient (Wildman–Crippen LogP) is 6.04. The van der Waals surface area contributed by atoms with E-state index in [1.807, 2.05) is 43.3 Å². The van der Waals surface area contributed by atoms with Gasteiger partial charge >= 0.3 is 0 Å². The molecule has 4 rings (SSSR count). The lowest BCUT2D eigenvalue weighted by molar-refractivity contribution is -0.131. The topological polar surface area (TPSA) is 55.3 Å². The van der Waals surface area contributed by atoms with Gasteiger partial charge in [0.2, 0.25) is 0 Å². The molecule has 0 saturated carbocycles. The molecule has 2 heterocycles. The number of amides is 1. The number of halogens is 1. The lowest BCUT2D eigenvalue weighted by Gasteiger charge is -2.31. The zero-order chi connectivity index (χ0) is 22.0. The summed E-state index contributed by atoms with van der Waals surface area (Å²) in [7, 11) is 0. The summed E-state index contributed by atoms with van der Waals surface area (Å²) < 4.78 is 7.10. The van der Waals surface area contributed by atoms with Crippen LogP contribution in [0.5, 0.6) is 5.75 Å². The number of hydrogen-bond donors (Lipinski definition) is 0. The summed E-state index contributed by atoms with van der Waals surface area (Å²) in [6.45, 7) is 5.83. The average molecular weight is 452 g/mol. The van der Waals surface area contributed by atoms with Crippen molar-refractivity contribution in [3.63, 3.8) is 0 Å². The van der Waals surface area contributed by atoms with Crippen LogP contribution in [0.3, 0.4) is 0 Å². The minimum atomic E-state index is -1.13. The Morgan fingerprint density at radius 2 is 1.87 bits per heavy atom. The van der Waals surface area contributed by atoms with Gasteiger partial charge in [0.25, 0.3) is 5.91 Å². The standard InChI is InChI=1S/C24H22ClN3O2S/c1-16-7-6-9-20-21(16)27-23(31-20)28(15-18-8-4-5-14-26-18)22(29)24(2,3)30-19-12-10-17(25)11-13-19/h4-14H,15H2,1-3H3. The Morgan fingerprint density at radius 3 is 2.55 bits per heavy atom. The molecule has 0 N–H and O–H groups in total. The summed E-state index contributed by atoms with van der Waals surface area (Å²) in [5.41, 5.74) is 1.61. The van der Waals surface area contributed by atoms with Crippen molar-refractivity contribution in [2.75, 3.05) is 4.90 Å². The Kier molecular flexibility index (Phi) is 5.94. The molecule has 7 heteroatoms. The summed E-state index contributed by atoms with van der Waals surface area (Å²) in [5.74, 6) is 0.366. The SMILES string of the molecule is Cc1cccc2sc(N(Cc3ccccn3)C(=O)C(C)(C)Oc3ccc(Cl)cc3)nc12. The van der Waals surface area contributed by atoms with Crippen LogP contribution < -0.4 is 9.64 Å². The number of pyridine rings is 1. The second-order valence-corrected chi connectivity index (χ2v) is 9.14. The van der Waals surface area contributed by atoms with E-state index < -0.39 is 5.60 Å². The maximum atomic E-state index is 13.7. The predicted molar refractivity (Wildman–Crippen MR) is 126 cm³/mol. The molecule has 1 amide bonds. The van der Waals surface area contributed by atoms with E-state index in [0.29, 0.717) is 22.4 Å². The number of carbonyl (C=O) groups excluding carboxylic acids is 1. The Labute approximate surface area is 190 Å². The van der Waals surface area contributed by atoms with E-state index in [1.165, 1.54) is 11.3 Å². The van der Waals surface area contributed by atoms with Crippen molar-refractivity contribution in [2.45, 2.75) is 32.9 Å². The molecule has 158 valence electrons. The number of rotatable bonds is 6. The van der Waals surface area contributed by atoms with Crippen molar-refractivity contribution in [3.05, 3.63) is 83.1 Å². The largest absolute Gasteiger partial charge is 0.478 e. The van der Waals surface area contributed by atoms with E-state index in [-0.39, 0.29) is 5.91 Å². The molecule has 0 fully saturated rings. The number of nitrogens with zero attached hydrogens (tertiary/aromatic N) is 3. The molecule has 31 heavy (non-hydrogen) atoms. The number of aryl methyl sites for hydroxylation is 1. The maximum absolute atomic E-state index is 13.7. The number of ether oxygens (including phenoxy) is 1. The highest BCUT2D eigenvalue weighted by atomic mass is 35.5. The van der Waals surface area contributed by atoms with Crippen molar-refractivity contribution >= 4 is 44.2 Å². The van der Waals surface area contributed by atoms with Crippen LogP contribution in [0.1, 0.15) is 25.1 Å². The Hall–Kier alpha value is -2.96. The summed E-state index contributed by atoms with van der Waals surface area (Å²) >= 11 is 7.46. The number of fused-ring (bicyclic) bond motifs is 1. The van der Waals surface area contributed by atoms with Gasteiger partial charge in [-0.2, -0.15) is 0 Å². The zero-order valence-corrected chi connectivity index (χ0v) is 19.1. The summed E-state index contributed by atoms with van der Waals surface area (Å²) in [4.78, 5) is 24.6. The maximum Gasteiger partial charge on any atom is 0.272 e. The van der Waals surface area contributed by atoms with Gasteiger partial charge in [0.15, 0.2) is 10.7 Å². The molecule has 0 aliphatic carbocycles. The van der Waals surface area contributed by atoms with Gasteiger partial charge < -0.3 is 4.74 Å². The molecule has 0 aliphatic heterocycles. The lowest BCUT2D eigenvalue weighted by atomic mass is 10.1. The lowest BCUT2D eigenvalue weighted by Crippen LogP contribution is -2.49. The molecule has 0 aliphatic rings. The van der Waals surface area contributed by atoms with Crippen molar-refractivity contribution in [3.8, 4) is 5.75 Å². The van der Waals surface area contributed by atoms with E-state index in [0.717, 1.165) is 21.5 Å². The molecule has 2 aromatic carbocycles. The van der Waals surface area contributed by atoms with E-state index in [9.17, 15) is 4.79 Å². The molecule has 0 saturated heterocycles. The highest BCUT2D eigenvalue weighted by Gasteiger charge is 2.36. The van der Waals surface area contributed by atoms with Crippen molar-refractivity contribution < 1.29 is 9.53 Å². The minimum Gasteiger partial charge on any atom is -0.478 e. The van der Waals surface area contributed by atoms with Gasteiger partial charge in [-0.25, -0.2) is 4.98 Å². The van der Waals surface area contributed by atoms with E-state index in [1.54, 1.807) is 49.2 Å². The van der Waals surface area contributed by atoms with Crippen LogP contribution in [0.15, 0.2) is 66.9 Å². The van der Waals surface area contributed by atoms with Gasteiger partial charge in [0.1, 0.15) is 5.75 Å². The molecule has 4 aromatic rings. The summed E-state index contributed by atoms with van der Waals surface area (Å²) in [5, 5.41) is 1.23. The monoisotopic (exact) mass is 451 g/mol. The van der Waals surface area contributed by atoms with Crippen molar-refractivity contribution in [2.24, 2.45) is 0 Å². The number of hydrogen-bond acceptors (Lipinski definition) is 5. The molecule has 5 nitrogen and oxygen atoms in total. The van der Waals surface area contributed by atoms with Gasteiger partial charge in [-0.1, -0.05) is 41.1 Å². The zero-order valence-electron chi connectivity index (χ0n) is 17.5. The van der Waals surface area contributed by atoms with Crippen molar-refractivity contribution in [1.29, 1.82) is 0 Å². The first-order valence-electron chi connectivity index (χ1n) is 9.86. The highest BCUT2D eigenvalue weighted by molar-refractivity contribution is 7.22. The van der Waals surface area contributed by atoms with Crippen molar-refractivity contribution in [1.82, 2.24) is 9.97 Å². The quantitative estimate of drug-likeness (QED) is 0.358. The fourth-order valence-corrected chi connectivity index (χ4v) is 4.40. The number of benzene rings is 2. The summed E-state index contributed by atoms with van der Waals surface area (Å²) in [6, 6.07) is 18.7. The molecule has 2 aromatic heterocycles. The smallest absolute Gasteiger partial charge is 0.272 e. The molecule has 0 atom stereocenters. The molecule has 0 bridgehead atoms. The number of aromatic nitrogens is 2. The second kappa shape index (κ2) is 8.65. The first kappa shape index (κ1) is 21.3. The third-order valence-corrected chi connectivity index (χ3v) is 6.13. The molecule has 0 radical (unpaired) electrons. The highest BCUT2D eigenvalue weighted by Crippen LogP contribution is 2.33. The molecular weight excluding hydrogens is 430 g/mol. The van der Waals surface area contributed by atoms with Crippen LogP contribution in [0.4, 0.5) is 5.13 Å². The van der Waals surface area contributed by atoms with Gasteiger partial charge in [-0.05, 0) is 68.8 Å². The van der Waals surface area contributed by atoms with Crippen LogP contribution in [-0.4, -0.2) is 21.5 Å². The molecule has 0 spiro atoms. The minimum absolute atomic E-state index is 0.204. The van der Waals surface area contributed by atoms with Gasteiger partial charge in [-0.15, -0.1) is 0 Å². The average Bonchev–Trinajstić information content (AvgIpc) is 3.19. The van der Waals surface area contributed by atoms with Crippen LogP contribution in [0, 0.1) is 6.92 Å². The second-order valence-electron chi connectivity index (χ2n) is 7.70. The first-order valence-corrected chi connectivity index (χ1v) is 11.1. The number of para-hydroxylation sites is 1. The number of carbonyl (C=O) groups is 1. The number of thiazole rings is 1. The first-order chi connectivity index (χ1) is 14.8. The van der Waals surface area contributed by atoms with E-state index >= 15 is 0 Å². The number of anilines is 1. The Balaban J connectivity index is 1.70. The Bertz CT molecular complexity index is 1210. The summed E-state index contributed by atoms with van der Waals surface area (Å²) in [6.07, 6.45) is 1.72. The third-order valence-electron chi connectivity index (χ3n) is 4.83. The fourth-order valence-electron chi connectivity index (χ4n) is 3.24. The fraction of sp³-hybridized carbons (Fsp3) is 0.208. The van der Waals surface area contributed by atoms with E-state index in [2.05, 4.69) is 4.98 Å². The van der Waals surface area contributed by atoms with E-state index in [4.69, 9.17) is 21.3 Å². The molecule has 0 unspecified atom stereocenters. The van der Waals surface area contributed by atoms with Crippen LogP contribution in [0.25, 0.3) is 10.2 Å². The normalized spacial score (nSPS) is 11.5. The van der Waals surface area contributed by atoms with Crippen LogP contribution in [-0.2, 0) is 11.3 Å². The van der Waals surface area contributed by atoms with Crippen LogP contribution in [0.2, 0.25) is 5.02 Å². The van der Waals surface area contributed by atoms with Crippen LogP contribution >= 0.6 is 22.9 Å².